The summed E-state index contributed by atoms with van der Waals surface area (Å²) in [5.41, 5.74) is 1.69. The Morgan fingerprint density at radius 2 is 1.87 bits per heavy atom. The standard InChI is InChI=1S/C23H23Cl2NO5/c1-3-31-23(29)20-19(18-16(25)11-14(24)12-17(18)26-20)21(27)15(22(28)30-2)10-9-13-7-5-4-6-8-13/h4-8,11-12,15,21,26-27H,3,9-10H2,1-2H3. The average molecular weight is 464 g/mol. The number of aryl methyl sites for hydroxylation is 1. The molecule has 2 N–H and O–H groups in total. The van der Waals surface area contributed by atoms with Crippen molar-refractivity contribution in [2.24, 2.45) is 5.92 Å². The number of halogens is 2. The molecule has 0 fully saturated rings. The molecule has 0 aliphatic heterocycles. The van der Waals surface area contributed by atoms with Crippen LogP contribution in [0.15, 0.2) is 42.5 Å². The zero-order chi connectivity index (χ0) is 22.5. The molecule has 0 spiro atoms. The van der Waals surface area contributed by atoms with E-state index in [1.807, 2.05) is 30.3 Å². The molecule has 1 heterocycles. The molecule has 0 aliphatic rings. The first kappa shape index (κ1) is 23.1. The van der Waals surface area contributed by atoms with Gasteiger partial charge in [0.2, 0.25) is 0 Å². The Hall–Kier alpha value is -2.54. The van der Waals surface area contributed by atoms with Gasteiger partial charge in [-0.15, -0.1) is 0 Å². The van der Waals surface area contributed by atoms with Crippen LogP contribution in [-0.4, -0.2) is 35.7 Å². The molecule has 3 rings (SSSR count). The Bertz CT molecular complexity index is 1080. The second kappa shape index (κ2) is 10.2. The van der Waals surface area contributed by atoms with Crippen LogP contribution in [0, 0.1) is 5.92 Å². The molecule has 0 saturated heterocycles. The van der Waals surface area contributed by atoms with Crippen LogP contribution in [-0.2, 0) is 20.7 Å². The topological polar surface area (TPSA) is 88.6 Å². The number of aromatic nitrogens is 1. The summed E-state index contributed by atoms with van der Waals surface area (Å²) < 4.78 is 10.1. The average Bonchev–Trinajstić information content (AvgIpc) is 3.14. The van der Waals surface area contributed by atoms with Crippen molar-refractivity contribution in [3.63, 3.8) is 0 Å². The van der Waals surface area contributed by atoms with E-state index in [9.17, 15) is 14.7 Å². The lowest BCUT2D eigenvalue weighted by molar-refractivity contribution is -0.150. The summed E-state index contributed by atoms with van der Waals surface area (Å²) in [6.07, 6.45) is -0.519. The van der Waals surface area contributed by atoms with Gasteiger partial charge in [0, 0.05) is 21.5 Å². The number of carbonyl (C=O) groups is 2. The molecule has 2 unspecified atom stereocenters. The third-order valence-corrected chi connectivity index (χ3v) is 5.62. The van der Waals surface area contributed by atoms with E-state index in [0.29, 0.717) is 28.8 Å². The number of aliphatic hydroxyl groups excluding tert-OH is 1. The van der Waals surface area contributed by atoms with E-state index in [2.05, 4.69) is 4.98 Å². The quantitative estimate of drug-likeness (QED) is 0.453. The van der Waals surface area contributed by atoms with Gasteiger partial charge in [0.1, 0.15) is 5.69 Å². The van der Waals surface area contributed by atoms with Crippen molar-refractivity contribution < 1.29 is 24.2 Å². The highest BCUT2D eigenvalue weighted by Crippen LogP contribution is 2.39. The van der Waals surface area contributed by atoms with E-state index in [4.69, 9.17) is 32.7 Å². The van der Waals surface area contributed by atoms with Gasteiger partial charge in [-0.2, -0.15) is 0 Å². The van der Waals surface area contributed by atoms with Gasteiger partial charge in [0.05, 0.1) is 30.8 Å². The first-order chi connectivity index (χ1) is 14.9. The predicted octanol–water partition coefficient (Wildman–Crippen LogP) is 5.11. The van der Waals surface area contributed by atoms with Crippen molar-refractivity contribution in [3.8, 4) is 0 Å². The minimum atomic E-state index is -1.36. The van der Waals surface area contributed by atoms with Crippen LogP contribution < -0.4 is 0 Å². The van der Waals surface area contributed by atoms with Crippen LogP contribution in [0.4, 0.5) is 0 Å². The van der Waals surface area contributed by atoms with Crippen molar-refractivity contribution in [3.05, 3.63) is 69.3 Å². The number of ether oxygens (including phenoxy) is 2. The number of hydrogen-bond acceptors (Lipinski definition) is 5. The maximum absolute atomic E-state index is 12.6. The molecule has 164 valence electrons. The van der Waals surface area contributed by atoms with Crippen LogP contribution in [0.25, 0.3) is 10.9 Å². The van der Waals surface area contributed by atoms with E-state index in [1.54, 1.807) is 13.0 Å². The Labute approximate surface area is 190 Å². The smallest absolute Gasteiger partial charge is 0.355 e. The van der Waals surface area contributed by atoms with E-state index in [1.165, 1.54) is 13.2 Å². The van der Waals surface area contributed by atoms with Gasteiger partial charge in [0.15, 0.2) is 0 Å². The molecule has 6 nitrogen and oxygen atoms in total. The van der Waals surface area contributed by atoms with E-state index < -0.39 is 24.0 Å². The van der Waals surface area contributed by atoms with Crippen LogP contribution >= 0.6 is 23.2 Å². The lowest BCUT2D eigenvalue weighted by Gasteiger charge is -2.22. The third-order valence-electron chi connectivity index (χ3n) is 5.10. The molecule has 0 radical (unpaired) electrons. The minimum Gasteiger partial charge on any atom is -0.469 e. The molecule has 2 aromatic carbocycles. The van der Waals surface area contributed by atoms with Gasteiger partial charge in [-0.3, -0.25) is 4.79 Å². The van der Waals surface area contributed by atoms with Crippen LogP contribution in [0.3, 0.4) is 0 Å². The zero-order valence-electron chi connectivity index (χ0n) is 17.2. The Balaban J connectivity index is 2.07. The summed E-state index contributed by atoms with van der Waals surface area (Å²) >= 11 is 12.5. The fraction of sp³-hybridized carbons (Fsp3) is 0.304. The van der Waals surface area contributed by atoms with Crippen molar-refractivity contribution >= 4 is 46.0 Å². The van der Waals surface area contributed by atoms with E-state index in [0.717, 1.165) is 5.56 Å². The third kappa shape index (κ3) is 5.03. The van der Waals surface area contributed by atoms with Gasteiger partial charge >= 0.3 is 11.9 Å². The second-order valence-corrected chi connectivity index (χ2v) is 7.89. The number of aliphatic hydroxyl groups is 1. The van der Waals surface area contributed by atoms with Gasteiger partial charge in [-0.1, -0.05) is 53.5 Å². The summed E-state index contributed by atoms with van der Waals surface area (Å²) in [6, 6.07) is 12.7. The summed E-state index contributed by atoms with van der Waals surface area (Å²) in [7, 11) is 1.26. The largest absolute Gasteiger partial charge is 0.469 e. The lowest BCUT2D eigenvalue weighted by atomic mass is 9.88. The number of rotatable bonds is 8. The van der Waals surface area contributed by atoms with Crippen molar-refractivity contribution in [1.82, 2.24) is 4.98 Å². The molecule has 8 heteroatoms. The Morgan fingerprint density at radius 1 is 1.16 bits per heavy atom. The Morgan fingerprint density at radius 3 is 2.52 bits per heavy atom. The molecule has 0 amide bonds. The number of fused-ring (bicyclic) bond motifs is 1. The first-order valence-corrected chi connectivity index (χ1v) is 10.6. The molecule has 0 saturated carbocycles. The van der Waals surface area contributed by atoms with Crippen LogP contribution in [0.1, 0.15) is 41.1 Å². The number of hydrogen-bond donors (Lipinski definition) is 2. The van der Waals surface area contributed by atoms with Crippen molar-refractivity contribution in [2.75, 3.05) is 13.7 Å². The fourth-order valence-electron chi connectivity index (χ4n) is 3.66. The monoisotopic (exact) mass is 463 g/mol. The predicted molar refractivity (Wildman–Crippen MR) is 120 cm³/mol. The van der Waals surface area contributed by atoms with Crippen LogP contribution in [0.5, 0.6) is 0 Å². The van der Waals surface area contributed by atoms with Gasteiger partial charge < -0.3 is 19.6 Å². The fourth-order valence-corrected chi connectivity index (χ4v) is 4.25. The molecular weight excluding hydrogens is 441 g/mol. The summed E-state index contributed by atoms with van der Waals surface area (Å²) in [6.45, 7) is 1.82. The number of esters is 2. The van der Waals surface area contributed by atoms with Gasteiger partial charge in [0.25, 0.3) is 0 Å². The number of methoxy groups -OCH3 is 1. The van der Waals surface area contributed by atoms with Gasteiger partial charge in [-0.25, -0.2) is 4.79 Å². The van der Waals surface area contributed by atoms with Crippen molar-refractivity contribution in [1.29, 1.82) is 0 Å². The maximum atomic E-state index is 12.6. The van der Waals surface area contributed by atoms with Crippen LogP contribution in [0.2, 0.25) is 10.0 Å². The summed E-state index contributed by atoms with van der Waals surface area (Å²) in [4.78, 5) is 28.2. The van der Waals surface area contributed by atoms with E-state index >= 15 is 0 Å². The molecule has 3 aromatic rings. The summed E-state index contributed by atoms with van der Waals surface area (Å²) in [5.74, 6) is -2.17. The number of carbonyl (C=O) groups excluding carboxylic acids is 2. The SMILES string of the molecule is CCOC(=O)c1[nH]c2cc(Cl)cc(Cl)c2c1C(O)C(CCc1ccccc1)C(=O)OC. The van der Waals surface area contributed by atoms with Gasteiger partial charge in [-0.05, 0) is 37.5 Å². The number of nitrogens with one attached hydrogen (secondary N) is 1. The number of H-pyrrole nitrogens is 1. The molecule has 0 bridgehead atoms. The number of aromatic amines is 1. The maximum Gasteiger partial charge on any atom is 0.355 e. The van der Waals surface area contributed by atoms with E-state index in [-0.39, 0.29) is 22.9 Å². The van der Waals surface area contributed by atoms with Crippen molar-refractivity contribution in [2.45, 2.75) is 25.9 Å². The molecule has 2 atom stereocenters. The highest BCUT2D eigenvalue weighted by molar-refractivity contribution is 6.39. The lowest BCUT2D eigenvalue weighted by Crippen LogP contribution is -2.26. The zero-order valence-corrected chi connectivity index (χ0v) is 18.7. The molecular formula is C23H23Cl2NO5. The second-order valence-electron chi connectivity index (χ2n) is 7.04. The molecule has 1 aromatic heterocycles. The number of benzene rings is 2. The minimum absolute atomic E-state index is 0.0298. The molecule has 0 aliphatic carbocycles. The normalized spacial score (nSPS) is 13.1. The first-order valence-electron chi connectivity index (χ1n) is 9.84. The molecule has 31 heavy (non-hydrogen) atoms. The highest BCUT2D eigenvalue weighted by Gasteiger charge is 2.35. The highest BCUT2D eigenvalue weighted by atomic mass is 35.5. The Kier molecular flexibility index (Phi) is 7.59. The summed E-state index contributed by atoms with van der Waals surface area (Å²) in [5, 5.41) is 12.3.